The largest absolute Gasteiger partial charge is 0.497 e. The van der Waals surface area contributed by atoms with Crippen molar-refractivity contribution in [2.75, 3.05) is 7.11 Å². The third-order valence-corrected chi connectivity index (χ3v) is 6.27. The lowest BCUT2D eigenvalue weighted by Crippen LogP contribution is -2.33. The fourth-order valence-electron chi connectivity index (χ4n) is 3.82. The quantitative estimate of drug-likeness (QED) is 0.439. The number of halogens is 2. The molecule has 0 unspecified atom stereocenters. The molecule has 146 valence electrons. The van der Waals surface area contributed by atoms with Gasteiger partial charge in [-0.3, -0.25) is 4.98 Å². The van der Waals surface area contributed by atoms with Crippen molar-refractivity contribution in [1.82, 2.24) is 9.99 Å². The van der Waals surface area contributed by atoms with Crippen LogP contribution in [0.5, 0.6) is 11.5 Å². The normalized spacial score (nSPS) is 19.8. The van der Waals surface area contributed by atoms with Gasteiger partial charge in [-0.25, -0.2) is 5.01 Å². The van der Waals surface area contributed by atoms with E-state index in [-0.39, 0.29) is 12.3 Å². The van der Waals surface area contributed by atoms with E-state index in [4.69, 9.17) is 14.6 Å². The molecule has 0 N–H and O–H groups in total. The van der Waals surface area contributed by atoms with Crippen LogP contribution in [0.3, 0.4) is 0 Å². The van der Waals surface area contributed by atoms with Gasteiger partial charge in [0.2, 0.25) is 6.23 Å². The van der Waals surface area contributed by atoms with E-state index >= 15 is 0 Å². The summed E-state index contributed by atoms with van der Waals surface area (Å²) in [4.78, 5) is 4.14. The van der Waals surface area contributed by atoms with E-state index in [0.29, 0.717) is 0 Å². The smallest absolute Gasteiger partial charge is 0.214 e. The SMILES string of the molecule is COc1ccc(C2=NN3[C@@H](C2)c2cc(Br)cc(Br)c2O[C@H]3c2ccncc2)cc1. The zero-order valence-corrected chi connectivity index (χ0v) is 18.7. The molecule has 2 aliphatic heterocycles. The molecule has 2 atom stereocenters. The van der Waals surface area contributed by atoms with E-state index in [0.717, 1.165) is 49.3 Å². The lowest BCUT2D eigenvalue weighted by atomic mass is 9.96. The van der Waals surface area contributed by atoms with Gasteiger partial charge < -0.3 is 9.47 Å². The zero-order chi connectivity index (χ0) is 20.0. The van der Waals surface area contributed by atoms with Crippen LogP contribution < -0.4 is 9.47 Å². The molecule has 0 bridgehead atoms. The van der Waals surface area contributed by atoms with Gasteiger partial charge in [0.05, 0.1) is 23.3 Å². The minimum Gasteiger partial charge on any atom is -0.497 e. The first kappa shape index (κ1) is 18.6. The van der Waals surface area contributed by atoms with Crippen LogP contribution in [0.4, 0.5) is 0 Å². The molecule has 0 amide bonds. The number of pyridine rings is 1. The zero-order valence-electron chi connectivity index (χ0n) is 15.5. The Bertz CT molecular complexity index is 1090. The Morgan fingerprint density at radius 2 is 1.83 bits per heavy atom. The second-order valence-electron chi connectivity index (χ2n) is 6.93. The minimum atomic E-state index is -0.316. The van der Waals surface area contributed by atoms with E-state index in [2.05, 4.69) is 60.1 Å². The van der Waals surface area contributed by atoms with Crippen molar-refractivity contribution in [2.45, 2.75) is 18.7 Å². The van der Waals surface area contributed by atoms with Gasteiger partial charge in [-0.2, -0.15) is 5.10 Å². The van der Waals surface area contributed by atoms with Gasteiger partial charge in [0.25, 0.3) is 0 Å². The molecule has 7 heteroatoms. The third kappa shape index (κ3) is 3.32. The topological polar surface area (TPSA) is 47.0 Å². The van der Waals surface area contributed by atoms with Crippen LogP contribution in [0.25, 0.3) is 0 Å². The predicted molar refractivity (Wildman–Crippen MR) is 118 cm³/mol. The van der Waals surface area contributed by atoms with Crippen molar-refractivity contribution < 1.29 is 9.47 Å². The van der Waals surface area contributed by atoms with Crippen LogP contribution in [0, 0.1) is 0 Å². The van der Waals surface area contributed by atoms with Crippen molar-refractivity contribution in [3.8, 4) is 11.5 Å². The molecule has 3 heterocycles. The van der Waals surface area contributed by atoms with E-state index < -0.39 is 0 Å². The predicted octanol–water partition coefficient (Wildman–Crippen LogP) is 5.86. The average Bonchev–Trinajstić information content (AvgIpc) is 3.20. The fraction of sp³-hybridized carbons (Fsp3) is 0.182. The van der Waals surface area contributed by atoms with Crippen molar-refractivity contribution in [2.24, 2.45) is 5.10 Å². The number of hydrogen-bond donors (Lipinski definition) is 0. The minimum absolute atomic E-state index is 0.0859. The fourth-order valence-corrected chi connectivity index (χ4v) is 5.17. The number of hydrogen-bond acceptors (Lipinski definition) is 5. The van der Waals surface area contributed by atoms with E-state index in [9.17, 15) is 0 Å². The Labute approximate surface area is 185 Å². The molecule has 29 heavy (non-hydrogen) atoms. The van der Waals surface area contributed by atoms with Crippen molar-refractivity contribution in [3.63, 3.8) is 0 Å². The van der Waals surface area contributed by atoms with Crippen LogP contribution in [0.15, 0.2) is 75.0 Å². The van der Waals surface area contributed by atoms with E-state index in [1.807, 2.05) is 30.3 Å². The average molecular weight is 515 g/mol. The Morgan fingerprint density at radius 3 is 2.55 bits per heavy atom. The van der Waals surface area contributed by atoms with E-state index in [1.165, 1.54) is 0 Å². The number of nitrogens with zero attached hydrogens (tertiary/aromatic N) is 3. The first-order chi connectivity index (χ1) is 14.1. The van der Waals surface area contributed by atoms with Crippen LogP contribution >= 0.6 is 31.9 Å². The number of rotatable bonds is 3. The molecule has 0 saturated carbocycles. The number of fused-ring (bicyclic) bond motifs is 3. The molecule has 0 saturated heterocycles. The molecule has 1 aromatic heterocycles. The molecule has 5 rings (SSSR count). The molecule has 3 aromatic rings. The summed E-state index contributed by atoms with van der Waals surface area (Å²) in [7, 11) is 1.67. The summed E-state index contributed by atoms with van der Waals surface area (Å²) in [6, 6.07) is 16.2. The Morgan fingerprint density at radius 1 is 1.07 bits per heavy atom. The Kier molecular flexibility index (Phi) is 4.80. The van der Waals surface area contributed by atoms with Gasteiger partial charge in [-0.1, -0.05) is 15.9 Å². The summed E-state index contributed by atoms with van der Waals surface area (Å²) in [5.74, 6) is 1.70. The standard InChI is InChI=1S/C22H17Br2N3O2/c1-28-16-4-2-13(3-5-16)19-12-20-17-10-15(23)11-18(24)21(17)29-22(27(20)26-19)14-6-8-25-9-7-14/h2-11,20,22H,12H2,1H3/t20-,22-/m0/s1. The first-order valence-electron chi connectivity index (χ1n) is 9.20. The molecule has 0 spiro atoms. The highest BCUT2D eigenvalue weighted by Gasteiger charge is 2.41. The van der Waals surface area contributed by atoms with Crippen LogP contribution in [-0.4, -0.2) is 22.8 Å². The van der Waals surface area contributed by atoms with Crippen LogP contribution in [0.1, 0.15) is 35.4 Å². The summed E-state index contributed by atoms with van der Waals surface area (Å²) in [6.07, 6.45) is 4.05. The number of benzene rings is 2. The number of methoxy groups -OCH3 is 1. The molecule has 0 aliphatic carbocycles. The first-order valence-corrected chi connectivity index (χ1v) is 10.8. The molecule has 0 fully saturated rings. The van der Waals surface area contributed by atoms with Crippen molar-refractivity contribution in [1.29, 1.82) is 0 Å². The molecular weight excluding hydrogens is 498 g/mol. The maximum Gasteiger partial charge on any atom is 0.214 e. The van der Waals surface area contributed by atoms with Crippen LogP contribution in [0.2, 0.25) is 0 Å². The maximum atomic E-state index is 6.44. The van der Waals surface area contributed by atoms with Gasteiger partial charge in [-0.15, -0.1) is 0 Å². The number of aromatic nitrogens is 1. The van der Waals surface area contributed by atoms with Crippen molar-refractivity contribution >= 4 is 37.6 Å². The Hall–Kier alpha value is -2.38. The molecule has 2 aromatic carbocycles. The highest BCUT2D eigenvalue weighted by molar-refractivity contribution is 9.11. The van der Waals surface area contributed by atoms with E-state index in [1.54, 1.807) is 19.5 Å². The lowest BCUT2D eigenvalue weighted by Gasteiger charge is -2.38. The molecule has 5 nitrogen and oxygen atoms in total. The highest BCUT2D eigenvalue weighted by atomic mass is 79.9. The monoisotopic (exact) mass is 513 g/mol. The lowest BCUT2D eigenvalue weighted by molar-refractivity contribution is -0.0197. The van der Waals surface area contributed by atoms with Gasteiger partial charge >= 0.3 is 0 Å². The molecule has 0 radical (unpaired) electrons. The van der Waals surface area contributed by atoms with Gasteiger partial charge in [-0.05, 0) is 70.0 Å². The number of hydrazone groups is 1. The maximum absolute atomic E-state index is 6.44. The summed E-state index contributed by atoms with van der Waals surface area (Å²) in [5, 5.41) is 7.05. The summed E-state index contributed by atoms with van der Waals surface area (Å²) < 4.78 is 13.7. The second kappa shape index (κ2) is 7.46. The summed E-state index contributed by atoms with van der Waals surface area (Å²) in [5.41, 5.74) is 4.25. The molecular formula is C22H17Br2N3O2. The Balaban J connectivity index is 1.60. The van der Waals surface area contributed by atoms with Crippen molar-refractivity contribution in [3.05, 3.63) is 86.6 Å². The van der Waals surface area contributed by atoms with Gasteiger partial charge in [0, 0.05) is 34.4 Å². The summed E-state index contributed by atoms with van der Waals surface area (Å²) in [6.45, 7) is 0. The molecule has 2 aliphatic rings. The summed E-state index contributed by atoms with van der Waals surface area (Å²) >= 11 is 7.28. The van der Waals surface area contributed by atoms with Crippen LogP contribution in [-0.2, 0) is 0 Å². The second-order valence-corrected chi connectivity index (χ2v) is 8.70. The third-order valence-electron chi connectivity index (χ3n) is 5.22. The van der Waals surface area contributed by atoms with Gasteiger partial charge in [0.1, 0.15) is 11.5 Å². The van der Waals surface area contributed by atoms with Gasteiger partial charge in [0.15, 0.2) is 0 Å². The number of ether oxygens (including phenoxy) is 2. The highest BCUT2D eigenvalue weighted by Crippen LogP contribution is 2.50.